The first kappa shape index (κ1) is 52.1. The van der Waals surface area contributed by atoms with E-state index in [4.69, 9.17) is 9.47 Å². The third-order valence-corrected chi connectivity index (χ3v) is 12.1. The van der Waals surface area contributed by atoms with Crippen LogP contribution >= 0.6 is 0 Å². The minimum absolute atomic E-state index is 0.0799. The summed E-state index contributed by atoms with van der Waals surface area (Å²) in [5, 5.41) is 50.4. The van der Waals surface area contributed by atoms with Gasteiger partial charge in [0, 0.05) is 97.8 Å². The topological polar surface area (TPSA) is 179 Å². The number of aromatic nitrogens is 2. The molecule has 14 nitrogen and oxygen atoms in total. The summed E-state index contributed by atoms with van der Waals surface area (Å²) in [7, 11) is 3.03. The molecule has 4 N–H and O–H groups in total. The first-order valence-electron chi connectivity index (χ1n) is 22.1. The van der Waals surface area contributed by atoms with E-state index in [0.717, 1.165) is 23.3 Å². The standard InChI is InChI=1S/2C26H24F3N3O4/c2*1-36-21-10-7-18(8-11-21)14-30-17-25(33,26(27,28)29)23-16-31(15-19-5-3-2-4-6-19)24-13-20(32(34)35)9-12-22(23)24/h2*2-13,16,30,33H,14-15,17H2,1H3. The van der Waals surface area contributed by atoms with Gasteiger partial charge in [-0.1, -0.05) is 84.9 Å². The number of ether oxygens (including phenoxy) is 2. The number of methoxy groups -OCH3 is 2. The molecular formula is C52H48F6N6O8. The molecule has 0 saturated carbocycles. The average Bonchev–Trinajstić information content (AvgIpc) is 3.92. The Morgan fingerprint density at radius 2 is 0.861 bits per heavy atom. The maximum absolute atomic E-state index is 14.4. The average molecular weight is 999 g/mol. The van der Waals surface area contributed by atoms with Crippen molar-refractivity contribution in [2.45, 2.75) is 49.7 Å². The summed E-state index contributed by atoms with van der Waals surface area (Å²) in [5.74, 6) is 1.23. The van der Waals surface area contributed by atoms with E-state index in [1.807, 2.05) is 12.1 Å². The van der Waals surface area contributed by atoms with Gasteiger partial charge in [0.1, 0.15) is 11.5 Å². The summed E-state index contributed by atoms with van der Waals surface area (Å²) in [4.78, 5) is 21.5. The molecule has 0 amide bonds. The Balaban J connectivity index is 0.000000211. The molecule has 0 bridgehead atoms. The molecule has 376 valence electrons. The zero-order chi connectivity index (χ0) is 51.8. The molecule has 0 aliphatic rings. The van der Waals surface area contributed by atoms with Crippen molar-refractivity contribution >= 4 is 33.2 Å². The van der Waals surface area contributed by atoms with Crippen LogP contribution < -0.4 is 20.1 Å². The molecule has 2 atom stereocenters. The molecule has 72 heavy (non-hydrogen) atoms. The van der Waals surface area contributed by atoms with Crippen molar-refractivity contribution in [1.82, 2.24) is 19.8 Å². The van der Waals surface area contributed by atoms with Crippen LogP contribution in [0.2, 0.25) is 0 Å². The number of fused-ring (bicyclic) bond motifs is 2. The van der Waals surface area contributed by atoms with Gasteiger partial charge in [-0.3, -0.25) is 20.2 Å². The number of benzene rings is 6. The number of nitro benzene ring substituents is 2. The number of hydrogen-bond donors (Lipinski definition) is 4. The minimum atomic E-state index is -5.02. The number of nitro groups is 2. The highest BCUT2D eigenvalue weighted by Crippen LogP contribution is 2.45. The van der Waals surface area contributed by atoms with Crippen molar-refractivity contribution in [1.29, 1.82) is 0 Å². The van der Waals surface area contributed by atoms with Crippen molar-refractivity contribution in [2.24, 2.45) is 0 Å². The highest BCUT2D eigenvalue weighted by molar-refractivity contribution is 5.88. The molecule has 0 radical (unpaired) electrons. The lowest BCUT2D eigenvalue weighted by Crippen LogP contribution is -2.49. The number of nitrogens with one attached hydrogen (secondary N) is 2. The van der Waals surface area contributed by atoms with Gasteiger partial charge < -0.3 is 39.5 Å². The smallest absolute Gasteiger partial charge is 0.422 e. The van der Waals surface area contributed by atoms with Crippen LogP contribution in [0.15, 0.2) is 158 Å². The maximum Gasteiger partial charge on any atom is 0.422 e. The van der Waals surface area contributed by atoms with Crippen LogP contribution in [0.4, 0.5) is 37.7 Å². The summed E-state index contributed by atoms with van der Waals surface area (Å²) in [6.07, 6.45) is -7.59. The zero-order valence-corrected chi connectivity index (χ0v) is 38.7. The molecule has 0 aliphatic carbocycles. The fourth-order valence-electron chi connectivity index (χ4n) is 8.23. The molecule has 0 saturated heterocycles. The number of rotatable bonds is 18. The van der Waals surface area contributed by atoms with Crippen LogP contribution in [0.25, 0.3) is 21.8 Å². The fraction of sp³-hybridized carbons (Fsp3) is 0.231. The van der Waals surface area contributed by atoms with E-state index in [0.29, 0.717) is 22.6 Å². The van der Waals surface area contributed by atoms with Gasteiger partial charge in [-0.25, -0.2) is 0 Å². The van der Waals surface area contributed by atoms with Gasteiger partial charge >= 0.3 is 12.4 Å². The van der Waals surface area contributed by atoms with Gasteiger partial charge in [-0.2, -0.15) is 26.3 Å². The molecule has 8 aromatic rings. The number of hydrogen-bond acceptors (Lipinski definition) is 10. The van der Waals surface area contributed by atoms with Crippen LogP contribution in [0.5, 0.6) is 11.5 Å². The summed E-state index contributed by atoms with van der Waals surface area (Å²) in [6.45, 7) is -1.13. The summed E-state index contributed by atoms with van der Waals surface area (Å²) in [5.41, 5.74) is -4.29. The highest BCUT2D eigenvalue weighted by Gasteiger charge is 2.57. The van der Waals surface area contributed by atoms with E-state index in [9.17, 15) is 56.8 Å². The lowest BCUT2D eigenvalue weighted by molar-refractivity contribution is -0.384. The molecule has 2 unspecified atom stereocenters. The minimum Gasteiger partial charge on any atom is -0.497 e. The SMILES string of the molecule is COc1ccc(CNCC(O)(c2cn(Cc3ccccc3)c3cc([N+](=O)[O-])ccc23)C(F)(F)F)cc1.COc1ccc(CNCC(O)(c2cn(Cc3ccccc3)c3cc([N+](=O)[O-])ccc23)C(F)(F)F)cc1. The molecule has 2 heterocycles. The number of halogens is 6. The Morgan fingerprint density at radius 1 is 0.514 bits per heavy atom. The second-order valence-electron chi connectivity index (χ2n) is 16.8. The van der Waals surface area contributed by atoms with Gasteiger partial charge in [-0.15, -0.1) is 0 Å². The number of alkyl halides is 6. The molecular weight excluding hydrogens is 951 g/mol. The van der Waals surface area contributed by atoms with E-state index < -0.39 is 46.5 Å². The molecule has 6 aromatic carbocycles. The lowest BCUT2D eigenvalue weighted by Gasteiger charge is -2.31. The predicted octanol–water partition coefficient (Wildman–Crippen LogP) is 10.3. The van der Waals surface area contributed by atoms with Crippen LogP contribution in [0.1, 0.15) is 33.4 Å². The van der Waals surface area contributed by atoms with Crippen molar-refractivity contribution in [3.05, 3.63) is 212 Å². The van der Waals surface area contributed by atoms with Gasteiger partial charge in [0.2, 0.25) is 0 Å². The summed E-state index contributed by atoms with van der Waals surface area (Å²) in [6, 6.07) is 38.8. The zero-order valence-electron chi connectivity index (χ0n) is 38.7. The number of non-ortho nitro benzene ring substituents is 2. The quantitative estimate of drug-likeness (QED) is 0.0367. The third-order valence-electron chi connectivity index (χ3n) is 12.1. The molecule has 0 fully saturated rings. The predicted molar refractivity (Wildman–Crippen MR) is 258 cm³/mol. The normalized spacial score (nSPS) is 13.5. The first-order valence-corrected chi connectivity index (χ1v) is 22.1. The first-order chi connectivity index (χ1) is 34.2. The van der Waals surface area contributed by atoms with Crippen LogP contribution in [0, 0.1) is 20.2 Å². The van der Waals surface area contributed by atoms with Gasteiger partial charge in [0.15, 0.2) is 11.2 Å². The van der Waals surface area contributed by atoms with Gasteiger partial charge in [-0.05, 0) is 58.7 Å². The van der Waals surface area contributed by atoms with E-state index in [1.165, 1.54) is 60.0 Å². The highest BCUT2D eigenvalue weighted by atomic mass is 19.4. The van der Waals surface area contributed by atoms with E-state index in [1.54, 1.807) is 97.1 Å². The Labute approximate surface area is 408 Å². The molecule has 20 heteroatoms. The number of nitrogens with zero attached hydrogens (tertiary/aromatic N) is 4. The van der Waals surface area contributed by atoms with Crippen LogP contribution in [-0.4, -0.2) is 68.9 Å². The largest absolute Gasteiger partial charge is 0.497 e. The van der Waals surface area contributed by atoms with Crippen molar-refractivity contribution < 1.29 is 55.9 Å². The Bertz CT molecular complexity index is 2920. The van der Waals surface area contributed by atoms with E-state index in [2.05, 4.69) is 10.6 Å². The van der Waals surface area contributed by atoms with Crippen LogP contribution in [-0.2, 0) is 37.4 Å². The second kappa shape index (κ2) is 21.7. The maximum atomic E-state index is 14.4. The van der Waals surface area contributed by atoms with Crippen molar-refractivity contribution in [3.8, 4) is 11.5 Å². The monoisotopic (exact) mass is 998 g/mol. The molecule has 2 aromatic heterocycles. The number of aliphatic hydroxyl groups is 2. The lowest BCUT2D eigenvalue weighted by atomic mass is 9.92. The summed E-state index contributed by atoms with van der Waals surface area (Å²) < 4.78 is 99.3. The molecule has 8 rings (SSSR count). The van der Waals surface area contributed by atoms with E-state index in [-0.39, 0.29) is 70.5 Å². The fourth-order valence-corrected chi connectivity index (χ4v) is 8.23. The van der Waals surface area contributed by atoms with Crippen molar-refractivity contribution in [3.63, 3.8) is 0 Å². The third kappa shape index (κ3) is 11.5. The Morgan fingerprint density at radius 3 is 1.17 bits per heavy atom. The Hall–Kier alpha value is -7.78. The molecule has 0 spiro atoms. The Kier molecular flexibility index (Phi) is 15.7. The summed E-state index contributed by atoms with van der Waals surface area (Å²) >= 11 is 0. The van der Waals surface area contributed by atoms with E-state index >= 15 is 0 Å². The second-order valence-corrected chi connectivity index (χ2v) is 16.8. The molecule has 0 aliphatic heterocycles. The van der Waals surface area contributed by atoms with Crippen molar-refractivity contribution in [2.75, 3.05) is 27.3 Å². The van der Waals surface area contributed by atoms with Crippen LogP contribution in [0.3, 0.4) is 0 Å². The van der Waals surface area contributed by atoms with Gasteiger partial charge in [0.05, 0.1) is 35.1 Å². The van der Waals surface area contributed by atoms with Gasteiger partial charge in [0.25, 0.3) is 11.4 Å².